The van der Waals surface area contributed by atoms with Crippen LogP contribution < -0.4 is 0 Å². The molecule has 0 amide bonds. The molecule has 1 atom stereocenters. The first-order valence-electron chi connectivity index (χ1n) is 6.87. The van der Waals surface area contributed by atoms with E-state index in [2.05, 4.69) is 45.0 Å². The molecule has 1 aromatic heterocycles. The summed E-state index contributed by atoms with van der Waals surface area (Å²) in [6.07, 6.45) is 9.79. The highest BCUT2D eigenvalue weighted by Crippen LogP contribution is 2.53. The van der Waals surface area contributed by atoms with Crippen LogP contribution in [0, 0.1) is 5.41 Å². The van der Waals surface area contributed by atoms with Gasteiger partial charge in [-0.15, -0.1) is 0 Å². The minimum atomic E-state index is 0.332. The van der Waals surface area contributed by atoms with Crippen molar-refractivity contribution >= 4 is 6.21 Å². The SMILES string of the molecule is CN=CC1(CC2c3ccccc3-c3cncn32)CC1. The molecule has 96 valence electrons. The van der Waals surface area contributed by atoms with E-state index in [-0.39, 0.29) is 0 Å². The van der Waals surface area contributed by atoms with E-state index in [9.17, 15) is 0 Å². The van der Waals surface area contributed by atoms with Crippen LogP contribution in [-0.2, 0) is 0 Å². The summed E-state index contributed by atoms with van der Waals surface area (Å²) >= 11 is 0. The molecule has 4 rings (SSSR count). The largest absolute Gasteiger partial charge is 0.323 e. The molecular formula is C16H17N3. The number of benzene rings is 1. The summed E-state index contributed by atoms with van der Waals surface area (Å²) in [6.45, 7) is 0. The topological polar surface area (TPSA) is 30.2 Å². The molecule has 1 unspecified atom stereocenters. The van der Waals surface area contributed by atoms with Crippen molar-refractivity contribution in [1.29, 1.82) is 0 Å². The number of aromatic nitrogens is 2. The van der Waals surface area contributed by atoms with Crippen LogP contribution in [-0.4, -0.2) is 22.8 Å². The van der Waals surface area contributed by atoms with E-state index >= 15 is 0 Å². The van der Waals surface area contributed by atoms with Crippen molar-refractivity contribution in [3.05, 3.63) is 42.4 Å². The lowest BCUT2D eigenvalue weighted by molar-refractivity contribution is 0.484. The Kier molecular flexibility index (Phi) is 2.19. The molecule has 0 spiro atoms. The average Bonchev–Trinajstić information content (AvgIpc) is 2.91. The van der Waals surface area contributed by atoms with Crippen LogP contribution in [0.3, 0.4) is 0 Å². The zero-order chi connectivity index (χ0) is 12.9. The number of imidazole rings is 1. The van der Waals surface area contributed by atoms with Gasteiger partial charge in [0.2, 0.25) is 0 Å². The van der Waals surface area contributed by atoms with E-state index in [1.165, 1.54) is 29.7 Å². The quantitative estimate of drug-likeness (QED) is 0.770. The third kappa shape index (κ3) is 1.57. The van der Waals surface area contributed by atoms with Crippen molar-refractivity contribution in [2.75, 3.05) is 7.05 Å². The fourth-order valence-corrected chi connectivity index (χ4v) is 3.35. The number of hydrogen-bond acceptors (Lipinski definition) is 2. The Labute approximate surface area is 113 Å². The summed E-state index contributed by atoms with van der Waals surface area (Å²) in [5.41, 5.74) is 4.37. The van der Waals surface area contributed by atoms with Crippen LogP contribution in [0.15, 0.2) is 41.8 Å². The molecule has 19 heavy (non-hydrogen) atoms. The zero-order valence-electron chi connectivity index (χ0n) is 11.1. The van der Waals surface area contributed by atoms with E-state index in [0.717, 1.165) is 6.42 Å². The Morgan fingerprint density at radius 3 is 3.05 bits per heavy atom. The summed E-state index contributed by atoms with van der Waals surface area (Å²) in [6, 6.07) is 9.13. The van der Waals surface area contributed by atoms with Crippen LogP contribution in [0.25, 0.3) is 11.3 Å². The molecule has 1 fully saturated rings. The van der Waals surface area contributed by atoms with E-state index in [1.807, 2.05) is 19.6 Å². The number of fused-ring (bicyclic) bond motifs is 3. The first-order chi connectivity index (χ1) is 9.33. The van der Waals surface area contributed by atoms with Crippen LogP contribution in [0.2, 0.25) is 0 Å². The molecule has 0 saturated heterocycles. The summed E-state index contributed by atoms with van der Waals surface area (Å²) < 4.78 is 2.33. The maximum atomic E-state index is 4.32. The molecule has 0 N–H and O–H groups in total. The van der Waals surface area contributed by atoms with Gasteiger partial charge in [0.1, 0.15) is 0 Å². The lowest BCUT2D eigenvalue weighted by atomic mass is 9.92. The maximum Gasteiger partial charge on any atom is 0.0956 e. The molecule has 2 aliphatic rings. The normalized spacial score (nSPS) is 22.5. The number of hydrogen-bond donors (Lipinski definition) is 0. The van der Waals surface area contributed by atoms with Gasteiger partial charge in [0.25, 0.3) is 0 Å². The van der Waals surface area contributed by atoms with Gasteiger partial charge in [-0.05, 0) is 24.8 Å². The second-order valence-electron chi connectivity index (χ2n) is 5.74. The van der Waals surface area contributed by atoms with Gasteiger partial charge in [0.15, 0.2) is 0 Å². The molecule has 1 aliphatic carbocycles. The van der Waals surface area contributed by atoms with Crippen molar-refractivity contribution in [2.24, 2.45) is 10.4 Å². The lowest BCUT2D eigenvalue weighted by Gasteiger charge is -2.19. The van der Waals surface area contributed by atoms with Gasteiger partial charge in [0, 0.05) is 24.2 Å². The minimum Gasteiger partial charge on any atom is -0.323 e. The van der Waals surface area contributed by atoms with E-state index < -0.39 is 0 Å². The van der Waals surface area contributed by atoms with Gasteiger partial charge in [-0.3, -0.25) is 0 Å². The van der Waals surface area contributed by atoms with Crippen LogP contribution in [0.1, 0.15) is 30.9 Å². The Bertz CT molecular complexity index is 650. The highest BCUT2D eigenvalue weighted by Gasteiger charge is 2.45. The molecule has 2 aromatic rings. The predicted molar refractivity (Wildman–Crippen MR) is 76.5 cm³/mol. The maximum absolute atomic E-state index is 4.32. The summed E-state index contributed by atoms with van der Waals surface area (Å²) in [5, 5.41) is 0. The van der Waals surface area contributed by atoms with E-state index in [4.69, 9.17) is 0 Å². The van der Waals surface area contributed by atoms with Gasteiger partial charge in [-0.25, -0.2) is 4.98 Å². The first kappa shape index (κ1) is 11.0. The average molecular weight is 251 g/mol. The lowest BCUT2D eigenvalue weighted by Crippen LogP contribution is -2.13. The molecule has 1 aliphatic heterocycles. The number of rotatable bonds is 3. The van der Waals surface area contributed by atoms with Gasteiger partial charge in [-0.2, -0.15) is 0 Å². The second-order valence-corrected chi connectivity index (χ2v) is 5.74. The highest BCUT2D eigenvalue weighted by atomic mass is 15.1. The molecule has 3 nitrogen and oxygen atoms in total. The summed E-state index contributed by atoms with van der Waals surface area (Å²) in [5.74, 6) is 0. The van der Waals surface area contributed by atoms with Crippen LogP contribution in [0.4, 0.5) is 0 Å². The first-order valence-corrected chi connectivity index (χ1v) is 6.87. The zero-order valence-corrected chi connectivity index (χ0v) is 11.1. The predicted octanol–water partition coefficient (Wildman–Crippen LogP) is 3.32. The Balaban J connectivity index is 1.77. The fraction of sp³-hybridized carbons (Fsp3) is 0.375. The summed E-state index contributed by atoms with van der Waals surface area (Å²) in [4.78, 5) is 8.58. The Morgan fingerprint density at radius 1 is 1.42 bits per heavy atom. The van der Waals surface area contributed by atoms with Crippen molar-refractivity contribution in [3.63, 3.8) is 0 Å². The molecular weight excluding hydrogens is 234 g/mol. The minimum absolute atomic E-state index is 0.332. The van der Waals surface area contributed by atoms with Gasteiger partial charge < -0.3 is 9.56 Å². The van der Waals surface area contributed by atoms with E-state index in [0.29, 0.717) is 11.5 Å². The molecule has 1 saturated carbocycles. The van der Waals surface area contributed by atoms with Crippen molar-refractivity contribution in [2.45, 2.75) is 25.3 Å². The van der Waals surface area contributed by atoms with Gasteiger partial charge in [-0.1, -0.05) is 24.3 Å². The standard InChI is InChI=1S/C16H17N3/c1-17-10-16(6-7-16)8-14-12-4-2-3-5-13(12)15-9-18-11-19(14)15/h2-5,9-11,14H,6-8H2,1H3. The smallest absolute Gasteiger partial charge is 0.0956 e. The Morgan fingerprint density at radius 2 is 2.26 bits per heavy atom. The van der Waals surface area contributed by atoms with Crippen molar-refractivity contribution in [3.8, 4) is 11.3 Å². The fourth-order valence-electron chi connectivity index (χ4n) is 3.35. The van der Waals surface area contributed by atoms with E-state index in [1.54, 1.807) is 0 Å². The second kappa shape index (κ2) is 3.80. The monoisotopic (exact) mass is 251 g/mol. The molecule has 1 aromatic carbocycles. The van der Waals surface area contributed by atoms with Crippen molar-refractivity contribution < 1.29 is 0 Å². The van der Waals surface area contributed by atoms with Crippen molar-refractivity contribution in [1.82, 2.24) is 9.55 Å². The van der Waals surface area contributed by atoms with Gasteiger partial charge >= 0.3 is 0 Å². The van der Waals surface area contributed by atoms with Crippen LogP contribution >= 0.6 is 0 Å². The Hall–Kier alpha value is -1.90. The van der Waals surface area contributed by atoms with Gasteiger partial charge in [0.05, 0.1) is 24.3 Å². The highest BCUT2D eigenvalue weighted by molar-refractivity contribution is 5.72. The third-order valence-electron chi connectivity index (χ3n) is 4.49. The third-order valence-corrected chi connectivity index (χ3v) is 4.49. The molecule has 2 heterocycles. The number of aliphatic imine (C=N–C) groups is 1. The van der Waals surface area contributed by atoms with Crippen LogP contribution in [0.5, 0.6) is 0 Å². The molecule has 0 bridgehead atoms. The number of nitrogens with zero attached hydrogens (tertiary/aromatic N) is 3. The molecule has 0 radical (unpaired) electrons. The molecule has 3 heteroatoms. The summed E-state index contributed by atoms with van der Waals surface area (Å²) in [7, 11) is 1.88.